The zero-order valence-electron chi connectivity index (χ0n) is 11.6. The summed E-state index contributed by atoms with van der Waals surface area (Å²) in [5.41, 5.74) is 0.836. The molecule has 2 nitrogen and oxygen atoms in total. The second-order valence-electron chi connectivity index (χ2n) is 7.48. The smallest absolute Gasteiger partial charge is 0.136 e. The molecule has 3 fully saturated rings. The molecule has 2 heterocycles. The zero-order chi connectivity index (χ0) is 12.4. The summed E-state index contributed by atoms with van der Waals surface area (Å²) in [6.45, 7) is 9.57. The Balaban J connectivity index is 1.87. The quantitative estimate of drug-likeness (QED) is 0.696. The standard InChI is InChI=1S/C15H25NO/c1-14(2)13(15(14,3)4)16-10-6-5-7-11(16)9-12(17)8-10/h10-11,13H,5-9H2,1-4H3. The molecule has 0 radical (unpaired) electrons. The summed E-state index contributed by atoms with van der Waals surface area (Å²) in [5, 5.41) is 0. The van der Waals surface area contributed by atoms with Gasteiger partial charge in [0, 0.05) is 31.0 Å². The minimum Gasteiger partial charge on any atom is -0.300 e. The number of nitrogens with zero attached hydrogens (tertiary/aromatic N) is 1. The SMILES string of the molecule is CC1(C)C(N2C3CCCC2CC(=O)C3)C1(C)C. The third kappa shape index (κ3) is 1.46. The van der Waals surface area contributed by atoms with Gasteiger partial charge in [0.1, 0.15) is 5.78 Å². The van der Waals surface area contributed by atoms with Crippen molar-refractivity contribution in [2.45, 2.75) is 77.9 Å². The summed E-state index contributed by atoms with van der Waals surface area (Å²) in [4.78, 5) is 14.5. The summed E-state index contributed by atoms with van der Waals surface area (Å²) in [5.74, 6) is 0.507. The van der Waals surface area contributed by atoms with E-state index in [4.69, 9.17) is 0 Å². The number of Topliss-reactive ketones (excluding diaryl/α,β-unsaturated/α-hetero) is 1. The number of carbonyl (C=O) groups excluding carboxylic acids is 1. The molecule has 1 saturated carbocycles. The van der Waals surface area contributed by atoms with Crippen LogP contribution in [-0.4, -0.2) is 28.8 Å². The van der Waals surface area contributed by atoms with E-state index in [9.17, 15) is 4.79 Å². The molecule has 0 aromatic rings. The van der Waals surface area contributed by atoms with Crippen molar-refractivity contribution in [2.75, 3.05) is 0 Å². The number of rotatable bonds is 1. The Kier molecular flexibility index (Phi) is 2.30. The van der Waals surface area contributed by atoms with E-state index in [2.05, 4.69) is 32.6 Å². The third-order valence-corrected chi connectivity index (χ3v) is 6.09. The summed E-state index contributed by atoms with van der Waals surface area (Å²) in [6.07, 6.45) is 5.45. The fourth-order valence-corrected chi connectivity index (χ4v) is 4.54. The van der Waals surface area contributed by atoms with Crippen LogP contribution in [0.4, 0.5) is 0 Å². The van der Waals surface area contributed by atoms with Gasteiger partial charge in [-0.05, 0) is 23.7 Å². The van der Waals surface area contributed by atoms with Gasteiger partial charge in [0.15, 0.2) is 0 Å². The lowest BCUT2D eigenvalue weighted by molar-refractivity contribution is -0.128. The van der Waals surface area contributed by atoms with Gasteiger partial charge in [0.2, 0.25) is 0 Å². The molecule has 2 heteroatoms. The highest BCUT2D eigenvalue weighted by molar-refractivity contribution is 5.80. The molecular formula is C15H25NO. The van der Waals surface area contributed by atoms with Crippen LogP contribution in [0.1, 0.15) is 59.8 Å². The molecule has 96 valence electrons. The molecule has 2 atom stereocenters. The molecule has 2 unspecified atom stereocenters. The minimum atomic E-state index is 0.418. The van der Waals surface area contributed by atoms with Crippen molar-refractivity contribution in [3.05, 3.63) is 0 Å². The number of ketones is 1. The minimum absolute atomic E-state index is 0.418. The Labute approximate surface area is 105 Å². The van der Waals surface area contributed by atoms with Gasteiger partial charge >= 0.3 is 0 Å². The van der Waals surface area contributed by atoms with Crippen LogP contribution in [0.15, 0.2) is 0 Å². The van der Waals surface area contributed by atoms with Gasteiger partial charge in [0.25, 0.3) is 0 Å². The summed E-state index contributed by atoms with van der Waals surface area (Å²) in [6, 6.07) is 1.81. The average molecular weight is 235 g/mol. The van der Waals surface area contributed by atoms with Crippen LogP contribution in [0.5, 0.6) is 0 Å². The molecule has 0 spiro atoms. The molecule has 0 N–H and O–H groups in total. The second kappa shape index (κ2) is 3.34. The molecule has 3 rings (SSSR count). The molecular weight excluding hydrogens is 210 g/mol. The van der Waals surface area contributed by atoms with Crippen LogP contribution in [0.2, 0.25) is 0 Å². The number of piperidine rings is 2. The molecule has 2 bridgehead atoms. The van der Waals surface area contributed by atoms with Gasteiger partial charge in [-0.25, -0.2) is 0 Å². The maximum Gasteiger partial charge on any atom is 0.136 e. The van der Waals surface area contributed by atoms with E-state index >= 15 is 0 Å². The largest absolute Gasteiger partial charge is 0.300 e. The normalized spacial score (nSPS) is 40.4. The Morgan fingerprint density at radius 1 is 1.00 bits per heavy atom. The Hall–Kier alpha value is -0.370. The van der Waals surface area contributed by atoms with Crippen LogP contribution < -0.4 is 0 Å². The average Bonchev–Trinajstić information content (AvgIpc) is 2.57. The first-order valence-corrected chi connectivity index (χ1v) is 7.15. The van der Waals surface area contributed by atoms with Gasteiger partial charge in [0.05, 0.1) is 0 Å². The highest BCUT2D eigenvalue weighted by Gasteiger charge is 2.69. The maximum absolute atomic E-state index is 11.8. The van der Waals surface area contributed by atoms with Crippen molar-refractivity contribution in [3.63, 3.8) is 0 Å². The fraction of sp³-hybridized carbons (Fsp3) is 0.933. The van der Waals surface area contributed by atoms with Crippen LogP contribution >= 0.6 is 0 Å². The molecule has 0 amide bonds. The first-order chi connectivity index (χ1) is 7.85. The van der Waals surface area contributed by atoms with Crippen molar-refractivity contribution in [1.29, 1.82) is 0 Å². The van der Waals surface area contributed by atoms with Crippen LogP contribution in [0.25, 0.3) is 0 Å². The van der Waals surface area contributed by atoms with Crippen molar-refractivity contribution >= 4 is 5.78 Å². The van der Waals surface area contributed by atoms with Gasteiger partial charge in [-0.1, -0.05) is 34.1 Å². The molecule has 0 aromatic heterocycles. The summed E-state index contributed by atoms with van der Waals surface area (Å²) >= 11 is 0. The lowest BCUT2D eigenvalue weighted by Crippen LogP contribution is -2.54. The van der Waals surface area contributed by atoms with E-state index < -0.39 is 0 Å². The van der Waals surface area contributed by atoms with E-state index in [-0.39, 0.29) is 0 Å². The molecule has 2 aliphatic heterocycles. The van der Waals surface area contributed by atoms with E-state index in [1.165, 1.54) is 19.3 Å². The second-order valence-corrected chi connectivity index (χ2v) is 7.48. The topological polar surface area (TPSA) is 20.3 Å². The van der Waals surface area contributed by atoms with Crippen molar-refractivity contribution in [2.24, 2.45) is 10.8 Å². The first kappa shape index (κ1) is 11.7. The third-order valence-electron chi connectivity index (χ3n) is 6.09. The number of hydrogen-bond donors (Lipinski definition) is 0. The highest BCUT2D eigenvalue weighted by atomic mass is 16.1. The fourth-order valence-electron chi connectivity index (χ4n) is 4.54. The Morgan fingerprint density at radius 3 is 1.88 bits per heavy atom. The molecule has 0 aromatic carbocycles. The van der Waals surface area contributed by atoms with Crippen LogP contribution in [-0.2, 0) is 4.79 Å². The zero-order valence-corrected chi connectivity index (χ0v) is 11.6. The van der Waals surface area contributed by atoms with Crippen molar-refractivity contribution < 1.29 is 4.79 Å². The van der Waals surface area contributed by atoms with Crippen LogP contribution in [0, 0.1) is 10.8 Å². The van der Waals surface area contributed by atoms with Gasteiger partial charge in [-0.2, -0.15) is 0 Å². The lowest BCUT2D eigenvalue weighted by atomic mass is 9.83. The van der Waals surface area contributed by atoms with E-state index in [0.717, 1.165) is 12.8 Å². The summed E-state index contributed by atoms with van der Waals surface area (Å²) < 4.78 is 0. The molecule has 2 saturated heterocycles. The monoisotopic (exact) mass is 235 g/mol. The molecule has 17 heavy (non-hydrogen) atoms. The maximum atomic E-state index is 11.8. The predicted molar refractivity (Wildman–Crippen MR) is 68.9 cm³/mol. The van der Waals surface area contributed by atoms with Gasteiger partial charge < -0.3 is 0 Å². The molecule has 3 aliphatic rings. The van der Waals surface area contributed by atoms with Gasteiger partial charge in [-0.15, -0.1) is 0 Å². The van der Waals surface area contributed by atoms with E-state index in [0.29, 0.717) is 34.7 Å². The Bertz CT molecular complexity index is 328. The summed E-state index contributed by atoms with van der Waals surface area (Å²) in [7, 11) is 0. The molecule has 1 aliphatic carbocycles. The first-order valence-electron chi connectivity index (χ1n) is 7.15. The van der Waals surface area contributed by atoms with Crippen molar-refractivity contribution in [1.82, 2.24) is 4.90 Å². The van der Waals surface area contributed by atoms with E-state index in [1.54, 1.807) is 0 Å². The number of hydrogen-bond acceptors (Lipinski definition) is 2. The number of fused-ring (bicyclic) bond motifs is 2. The number of carbonyl (C=O) groups is 1. The van der Waals surface area contributed by atoms with Gasteiger partial charge in [-0.3, -0.25) is 9.69 Å². The predicted octanol–water partition coefficient (Wildman–Crippen LogP) is 3.01. The van der Waals surface area contributed by atoms with Crippen LogP contribution in [0.3, 0.4) is 0 Å². The van der Waals surface area contributed by atoms with Crippen molar-refractivity contribution in [3.8, 4) is 0 Å². The Morgan fingerprint density at radius 2 is 1.47 bits per heavy atom. The highest BCUT2D eigenvalue weighted by Crippen LogP contribution is 2.67. The van der Waals surface area contributed by atoms with E-state index in [1.807, 2.05) is 0 Å². The lowest BCUT2D eigenvalue weighted by Gasteiger charge is -2.47.